The fraction of sp³-hybridized carbons (Fsp3) is 0.333. The van der Waals surface area contributed by atoms with Crippen LogP contribution in [0.2, 0.25) is 0 Å². The summed E-state index contributed by atoms with van der Waals surface area (Å²) in [7, 11) is 1.39. The van der Waals surface area contributed by atoms with E-state index in [0.717, 1.165) is 6.07 Å². The number of rotatable bonds is 6. The summed E-state index contributed by atoms with van der Waals surface area (Å²) < 4.78 is 18.2. The number of hydrogen-bond donors (Lipinski definition) is 4. The highest BCUT2D eigenvalue weighted by molar-refractivity contribution is 5.96. The summed E-state index contributed by atoms with van der Waals surface area (Å²) in [6.45, 7) is -0.399. The third kappa shape index (κ3) is 5.11. The standard InChI is InChI=1S/C12H16FN3O4/c1-14-12(19)16-11(18)7-15-9-3-2-8(13)6-10(9)20-5-4-17/h2-3,6,15,17H,4-5,7H2,1H3,(H2,14,16,18,19). The van der Waals surface area contributed by atoms with Gasteiger partial charge in [0.25, 0.3) is 0 Å². The maximum Gasteiger partial charge on any atom is 0.321 e. The van der Waals surface area contributed by atoms with E-state index in [9.17, 15) is 14.0 Å². The minimum absolute atomic E-state index is 0.00255. The largest absolute Gasteiger partial charge is 0.489 e. The smallest absolute Gasteiger partial charge is 0.321 e. The fourth-order valence-electron chi connectivity index (χ4n) is 1.33. The molecule has 0 saturated carbocycles. The van der Waals surface area contributed by atoms with Crippen LogP contribution in [0.3, 0.4) is 0 Å². The van der Waals surface area contributed by atoms with Gasteiger partial charge in [-0.3, -0.25) is 10.1 Å². The van der Waals surface area contributed by atoms with E-state index in [-0.39, 0.29) is 25.5 Å². The van der Waals surface area contributed by atoms with Crippen molar-refractivity contribution >= 4 is 17.6 Å². The summed E-state index contributed by atoms with van der Waals surface area (Å²) in [6.07, 6.45) is 0. The molecule has 0 aliphatic heterocycles. The first kappa shape index (κ1) is 15.7. The van der Waals surface area contributed by atoms with E-state index in [1.54, 1.807) is 0 Å². The molecule has 0 atom stereocenters. The van der Waals surface area contributed by atoms with Gasteiger partial charge in [-0.2, -0.15) is 0 Å². The zero-order valence-electron chi connectivity index (χ0n) is 10.9. The Morgan fingerprint density at radius 3 is 2.80 bits per heavy atom. The Kier molecular flexibility index (Phi) is 6.24. The molecule has 0 fully saturated rings. The van der Waals surface area contributed by atoms with E-state index >= 15 is 0 Å². The van der Waals surface area contributed by atoms with Gasteiger partial charge in [-0.05, 0) is 12.1 Å². The van der Waals surface area contributed by atoms with Gasteiger partial charge in [-0.15, -0.1) is 0 Å². The molecule has 0 saturated heterocycles. The van der Waals surface area contributed by atoms with E-state index < -0.39 is 17.8 Å². The third-order valence-corrected chi connectivity index (χ3v) is 2.21. The van der Waals surface area contributed by atoms with Crippen molar-refractivity contribution in [1.82, 2.24) is 10.6 Å². The predicted octanol–water partition coefficient (Wildman–Crippen LogP) is 0.0643. The van der Waals surface area contributed by atoms with Gasteiger partial charge < -0.3 is 20.5 Å². The van der Waals surface area contributed by atoms with Crippen molar-refractivity contribution in [2.45, 2.75) is 0 Å². The first-order chi connectivity index (χ1) is 9.56. The van der Waals surface area contributed by atoms with Crippen LogP contribution in [0.15, 0.2) is 18.2 Å². The molecule has 3 amide bonds. The van der Waals surface area contributed by atoms with Gasteiger partial charge in [-0.1, -0.05) is 0 Å². The molecular weight excluding hydrogens is 269 g/mol. The molecule has 8 heteroatoms. The molecule has 0 aliphatic rings. The first-order valence-electron chi connectivity index (χ1n) is 5.85. The second-order valence-electron chi connectivity index (χ2n) is 3.69. The lowest BCUT2D eigenvalue weighted by molar-refractivity contribution is -0.118. The van der Waals surface area contributed by atoms with E-state index in [1.807, 2.05) is 0 Å². The van der Waals surface area contributed by atoms with Gasteiger partial charge in [0, 0.05) is 13.1 Å². The van der Waals surface area contributed by atoms with Crippen LogP contribution in [0.5, 0.6) is 5.75 Å². The molecule has 0 radical (unpaired) electrons. The Morgan fingerprint density at radius 2 is 2.15 bits per heavy atom. The van der Waals surface area contributed by atoms with Crippen LogP contribution in [0.25, 0.3) is 0 Å². The predicted molar refractivity (Wildman–Crippen MR) is 70.1 cm³/mol. The number of benzene rings is 1. The average molecular weight is 285 g/mol. The summed E-state index contributed by atoms with van der Waals surface area (Å²) in [5.41, 5.74) is 0.381. The van der Waals surface area contributed by atoms with Crippen LogP contribution in [-0.2, 0) is 4.79 Å². The van der Waals surface area contributed by atoms with Crippen LogP contribution in [0.4, 0.5) is 14.9 Å². The zero-order chi connectivity index (χ0) is 15.0. The van der Waals surface area contributed by atoms with Crippen LogP contribution in [-0.4, -0.2) is 43.9 Å². The number of halogens is 1. The lowest BCUT2D eigenvalue weighted by Gasteiger charge is -2.12. The van der Waals surface area contributed by atoms with Crippen molar-refractivity contribution in [3.8, 4) is 5.75 Å². The van der Waals surface area contributed by atoms with Gasteiger partial charge in [0.15, 0.2) is 0 Å². The number of hydrogen-bond acceptors (Lipinski definition) is 5. The Bertz CT molecular complexity index is 482. The number of aliphatic hydroxyl groups excluding tert-OH is 1. The molecule has 110 valence electrons. The average Bonchev–Trinajstić information content (AvgIpc) is 2.43. The molecule has 1 rings (SSSR count). The number of ether oxygens (including phenoxy) is 1. The Hall–Kier alpha value is -2.35. The van der Waals surface area contributed by atoms with Gasteiger partial charge in [0.2, 0.25) is 5.91 Å². The normalized spacial score (nSPS) is 9.75. The summed E-state index contributed by atoms with van der Waals surface area (Å²) in [5, 5.41) is 15.7. The maximum absolute atomic E-state index is 13.1. The van der Waals surface area contributed by atoms with Crippen molar-refractivity contribution in [1.29, 1.82) is 0 Å². The van der Waals surface area contributed by atoms with Gasteiger partial charge in [0.1, 0.15) is 18.2 Å². The second-order valence-corrected chi connectivity index (χ2v) is 3.69. The summed E-state index contributed by atoms with van der Waals surface area (Å²) in [4.78, 5) is 22.3. The highest BCUT2D eigenvalue weighted by Crippen LogP contribution is 2.25. The molecule has 0 unspecified atom stereocenters. The quantitative estimate of drug-likeness (QED) is 0.592. The molecule has 0 aromatic heterocycles. The van der Waals surface area contributed by atoms with E-state index in [1.165, 1.54) is 19.2 Å². The third-order valence-electron chi connectivity index (χ3n) is 2.21. The Labute approximate surface area is 115 Å². The highest BCUT2D eigenvalue weighted by atomic mass is 19.1. The van der Waals surface area contributed by atoms with E-state index in [0.29, 0.717) is 5.69 Å². The highest BCUT2D eigenvalue weighted by Gasteiger charge is 2.09. The number of urea groups is 1. The SMILES string of the molecule is CNC(=O)NC(=O)CNc1ccc(F)cc1OCCO. The van der Waals surface area contributed by atoms with E-state index in [4.69, 9.17) is 9.84 Å². The van der Waals surface area contributed by atoms with Crippen LogP contribution < -0.4 is 20.7 Å². The van der Waals surface area contributed by atoms with Crippen LogP contribution in [0.1, 0.15) is 0 Å². The molecule has 0 heterocycles. The minimum atomic E-state index is -0.618. The number of amides is 3. The molecule has 0 aliphatic carbocycles. The molecule has 7 nitrogen and oxygen atoms in total. The van der Waals surface area contributed by atoms with Crippen molar-refractivity contribution < 1.29 is 23.8 Å². The molecule has 1 aromatic rings. The summed E-state index contributed by atoms with van der Waals surface area (Å²) in [5.74, 6) is -0.883. The Morgan fingerprint density at radius 1 is 1.40 bits per heavy atom. The monoisotopic (exact) mass is 285 g/mol. The van der Waals surface area contributed by atoms with Crippen molar-refractivity contribution in [3.05, 3.63) is 24.0 Å². The number of carbonyl (C=O) groups is 2. The molecular formula is C12H16FN3O4. The topological polar surface area (TPSA) is 99.7 Å². The molecule has 4 N–H and O–H groups in total. The number of anilines is 1. The first-order valence-corrected chi connectivity index (χ1v) is 5.85. The number of aliphatic hydroxyl groups is 1. The Balaban J connectivity index is 2.62. The lowest BCUT2D eigenvalue weighted by atomic mass is 10.3. The number of carbonyl (C=O) groups excluding carboxylic acids is 2. The van der Waals surface area contributed by atoms with Gasteiger partial charge >= 0.3 is 6.03 Å². The van der Waals surface area contributed by atoms with E-state index in [2.05, 4.69) is 16.0 Å². The van der Waals surface area contributed by atoms with Gasteiger partial charge in [0.05, 0.1) is 18.8 Å². The number of imide groups is 1. The fourth-order valence-corrected chi connectivity index (χ4v) is 1.33. The maximum atomic E-state index is 13.1. The molecule has 0 bridgehead atoms. The number of nitrogens with one attached hydrogen (secondary N) is 3. The minimum Gasteiger partial charge on any atom is -0.489 e. The van der Waals surface area contributed by atoms with Crippen molar-refractivity contribution in [3.63, 3.8) is 0 Å². The second kappa shape index (κ2) is 7.95. The van der Waals surface area contributed by atoms with Crippen LogP contribution >= 0.6 is 0 Å². The zero-order valence-corrected chi connectivity index (χ0v) is 10.9. The van der Waals surface area contributed by atoms with Crippen LogP contribution in [0, 0.1) is 5.82 Å². The molecule has 0 spiro atoms. The van der Waals surface area contributed by atoms with Crippen molar-refractivity contribution in [2.24, 2.45) is 0 Å². The molecule has 20 heavy (non-hydrogen) atoms. The van der Waals surface area contributed by atoms with Crippen molar-refractivity contribution in [2.75, 3.05) is 32.1 Å². The van der Waals surface area contributed by atoms with Gasteiger partial charge in [-0.25, -0.2) is 9.18 Å². The summed E-state index contributed by atoms with van der Waals surface area (Å²) >= 11 is 0. The lowest BCUT2D eigenvalue weighted by Crippen LogP contribution is -2.40. The molecule has 1 aromatic carbocycles. The summed E-state index contributed by atoms with van der Waals surface area (Å²) in [6, 6.07) is 3.11.